The number of thiophene rings is 1. The number of nitrogens with zero attached hydrogens (tertiary/aromatic N) is 1. The van der Waals surface area contributed by atoms with Gasteiger partial charge in [0.05, 0.1) is 13.7 Å². The summed E-state index contributed by atoms with van der Waals surface area (Å²) in [5.74, 6) is 0.679. The smallest absolute Gasteiger partial charge is 0.305 e. The van der Waals surface area contributed by atoms with Gasteiger partial charge in [0, 0.05) is 29.8 Å². The van der Waals surface area contributed by atoms with Gasteiger partial charge in [-0.1, -0.05) is 19.9 Å². The van der Waals surface area contributed by atoms with Crippen molar-refractivity contribution in [1.29, 1.82) is 0 Å². The Balaban J connectivity index is 0.00000529. The van der Waals surface area contributed by atoms with Gasteiger partial charge in [0.15, 0.2) is 5.96 Å². The number of hydrogen-bond donors (Lipinski definition) is 2. The van der Waals surface area contributed by atoms with Gasteiger partial charge in [-0.3, -0.25) is 9.79 Å². The maximum Gasteiger partial charge on any atom is 0.305 e. The molecule has 138 valence electrons. The first kappa shape index (κ1) is 23.2. The number of hydrogen-bond acceptors (Lipinski definition) is 4. The molecule has 0 aromatic carbocycles. The van der Waals surface area contributed by atoms with Crippen LogP contribution in [0.25, 0.3) is 0 Å². The van der Waals surface area contributed by atoms with Crippen LogP contribution in [0.2, 0.25) is 0 Å². The molecule has 1 aromatic heterocycles. The molecule has 1 heterocycles. The number of methoxy groups -OCH3 is 1. The molecule has 0 saturated heterocycles. The van der Waals surface area contributed by atoms with E-state index in [1.807, 2.05) is 0 Å². The van der Waals surface area contributed by atoms with Gasteiger partial charge >= 0.3 is 5.97 Å². The maximum absolute atomic E-state index is 11.1. The minimum atomic E-state index is -0.150. The number of halogens is 1. The van der Waals surface area contributed by atoms with E-state index in [1.54, 1.807) is 11.3 Å². The van der Waals surface area contributed by atoms with Crippen LogP contribution >= 0.6 is 35.3 Å². The molecular formula is C17H30IN3O2S. The van der Waals surface area contributed by atoms with E-state index in [9.17, 15) is 4.79 Å². The Bertz CT molecular complexity index is 490. The highest BCUT2D eigenvalue weighted by Crippen LogP contribution is 2.27. The summed E-state index contributed by atoms with van der Waals surface area (Å²) in [6, 6.07) is 4.24. The van der Waals surface area contributed by atoms with Crippen LogP contribution in [0, 0.1) is 0 Å². The van der Waals surface area contributed by atoms with E-state index in [0.29, 0.717) is 6.42 Å². The van der Waals surface area contributed by atoms with Crippen molar-refractivity contribution in [3.05, 3.63) is 22.4 Å². The summed E-state index contributed by atoms with van der Waals surface area (Å²) < 4.78 is 4.63. The first-order valence-electron chi connectivity index (χ1n) is 8.12. The van der Waals surface area contributed by atoms with Crippen LogP contribution < -0.4 is 10.6 Å². The van der Waals surface area contributed by atoms with Crippen molar-refractivity contribution in [3.8, 4) is 0 Å². The van der Waals surface area contributed by atoms with Crippen molar-refractivity contribution >= 4 is 47.2 Å². The van der Waals surface area contributed by atoms with E-state index >= 15 is 0 Å². The lowest BCUT2D eigenvalue weighted by molar-refractivity contribution is -0.140. The minimum absolute atomic E-state index is 0. The molecule has 2 N–H and O–H groups in total. The van der Waals surface area contributed by atoms with Crippen LogP contribution in [0.4, 0.5) is 0 Å². The molecule has 7 heteroatoms. The maximum atomic E-state index is 11.1. The summed E-state index contributed by atoms with van der Waals surface area (Å²) in [6.45, 7) is 8.82. The SMILES string of the molecule is CCNC(=NCC(C)(C)c1cccs1)NCCCCC(=O)OC.I. The van der Waals surface area contributed by atoms with Gasteiger partial charge in [0.2, 0.25) is 0 Å². The largest absolute Gasteiger partial charge is 0.469 e. The third-order valence-corrected chi connectivity index (χ3v) is 4.73. The quantitative estimate of drug-likeness (QED) is 0.192. The van der Waals surface area contributed by atoms with Crippen molar-refractivity contribution in [2.24, 2.45) is 4.99 Å². The summed E-state index contributed by atoms with van der Waals surface area (Å²) in [5, 5.41) is 8.69. The van der Waals surface area contributed by atoms with E-state index in [1.165, 1.54) is 12.0 Å². The Kier molecular flexibility index (Phi) is 12.1. The number of ether oxygens (including phenoxy) is 1. The lowest BCUT2D eigenvalue weighted by Crippen LogP contribution is -2.39. The molecule has 0 atom stereocenters. The Morgan fingerprint density at radius 1 is 1.33 bits per heavy atom. The number of guanidine groups is 1. The van der Waals surface area contributed by atoms with Crippen molar-refractivity contribution in [2.45, 2.75) is 45.4 Å². The highest BCUT2D eigenvalue weighted by atomic mass is 127. The Morgan fingerprint density at radius 2 is 2.08 bits per heavy atom. The number of carbonyl (C=O) groups is 1. The third-order valence-electron chi connectivity index (χ3n) is 3.49. The molecular weight excluding hydrogens is 437 g/mol. The van der Waals surface area contributed by atoms with Crippen LogP contribution in [-0.4, -0.2) is 38.7 Å². The second-order valence-corrected chi connectivity index (χ2v) is 6.96. The number of unbranched alkanes of at least 4 members (excludes halogenated alkanes) is 1. The van der Waals surface area contributed by atoms with Gasteiger partial charge in [-0.05, 0) is 31.2 Å². The highest BCUT2D eigenvalue weighted by Gasteiger charge is 2.21. The fourth-order valence-corrected chi connectivity index (χ4v) is 2.91. The predicted molar refractivity (Wildman–Crippen MR) is 113 cm³/mol. The Labute approximate surface area is 166 Å². The normalized spacial score (nSPS) is 11.6. The summed E-state index contributed by atoms with van der Waals surface area (Å²) in [4.78, 5) is 17.1. The second-order valence-electron chi connectivity index (χ2n) is 6.02. The zero-order valence-corrected chi connectivity index (χ0v) is 18.2. The van der Waals surface area contributed by atoms with Crippen molar-refractivity contribution in [3.63, 3.8) is 0 Å². The molecule has 0 unspecified atom stereocenters. The van der Waals surface area contributed by atoms with Crippen molar-refractivity contribution in [1.82, 2.24) is 10.6 Å². The molecule has 0 aliphatic rings. The molecule has 0 fully saturated rings. The third kappa shape index (κ3) is 8.86. The first-order valence-corrected chi connectivity index (χ1v) is 9.00. The van der Waals surface area contributed by atoms with Crippen LogP contribution in [0.5, 0.6) is 0 Å². The molecule has 0 radical (unpaired) electrons. The van der Waals surface area contributed by atoms with Gasteiger partial charge in [0.25, 0.3) is 0 Å². The first-order chi connectivity index (χ1) is 11.0. The van der Waals surface area contributed by atoms with Crippen LogP contribution in [-0.2, 0) is 14.9 Å². The summed E-state index contributed by atoms with van der Waals surface area (Å²) in [7, 11) is 1.42. The van der Waals surface area contributed by atoms with Gasteiger partial charge in [-0.15, -0.1) is 35.3 Å². The summed E-state index contributed by atoms with van der Waals surface area (Å²) in [6.07, 6.45) is 2.20. The zero-order valence-electron chi connectivity index (χ0n) is 15.1. The van der Waals surface area contributed by atoms with Crippen molar-refractivity contribution in [2.75, 3.05) is 26.7 Å². The number of aliphatic imine (C=N–C) groups is 1. The van der Waals surface area contributed by atoms with E-state index in [4.69, 9.17) is 4.99 Å². The van der Waals surface area contributed by atoms with E-state index in [2.05, 4.69) is 53.7 Å². The lowest BCUT2D eigenvalue weighted by atomic mass is 9.92. The molecule has 24 heavy (non-hydrogen) atoms. The highest BCUT2D eigenvalue weighted by molar-refractivity contribution is 14.0. The minimum Gasteiger partial charge on any atom is -0.469 e. The molecule has 0 amide bonds. The van der Waals surface area contributed by atoms with Crippen LogP contribution in [0.3, 0.4) is 0 Å². The van der Waals surface area contributed by atoms with E-state index < -0.39 is 0 Å². The number of rotatable bonds is 9. The molecule has 1 aromatic rings. The van der Waals surface area contributed by atoms with Gasteiger partial charge in [-0.2, -0.15) is 0 Å². The number of esters is 1. The average molecular weight is 467 g/mol. The molecule has 0 aliphatic heterocycles. The molecule has 0 spiro atoms. The van der Waals surface area contributed by atoms with Crippen molar-refractivity contribution < 1.29 is 9.53 Å². The lowest BCUT2D eigenvalue weighted by Gasteiger charge is -2.21. The standard InChI is InChI=1S/C17H29N3O2S.HI/c1-5-18-16(19-11-7-6-10-15(21)22-4)20-13-17(2,3)14-9-8-12-23-14;/h8-9,12H,5-7,10-11,13H2,1-4H3,(H2,18,19,20);1H. The molecule has 1 rings (SSSR count). The van der Waals surface area contributed by atoms with Gasteiger partial charge in [-0.25, -0.2) is 0 Å². The van der Waals surface area contributed by atoms with E-state index in [-0.39, 0.29) is 35.4 Å². The fourth-order valence-electron chi connectivity index (χ4n) is 2.06. The average Bonchev–Trinajstić information content (AvgIpc) is 3.07. The van der Waals surface area contributed by atoms with Crippen LogP contribution in [0.1, 0.15) is 44.9 Å². The molecule has 5 nitrogen and oxygen atoms in total. The molecule has 0 saturated carbocycles. The Hall–Kier alpha value is -0.830. The number of nitrogens with one attached hydrogen (secondary N) is 2. The predicted octanol–water partition coefficient (Wildman–Crippen LogP) is 3.54. The zero-order chi connectivity index (χ0) is 17.1. The summed E-state index contributed by atoms with van der Waals surface area (Å²) in [5.41, 5.74) is 0.0292. The Morgan fingerprint density at radius 3 is 2.67 bits per heavy atom. The van der Waals surface area contributed by atoms with Crippen LogP contribution in [0.15, 0.2) is 22.5 Å². The van der Waals surface area contributed by atoms with E-state index in [0.717, 1.165) is 38.4 Å². The number of carbonyl (C=O) groups excluding carboxylic acids is 1. The van der Waals surface area contributed by atoms with Gasteiger partial charge < -0.3 is 15.4 Å². The fraction of sp³-hybridized carbons (Fsp3) is 0.647. The molecule has 0 bridgehead atoms. The monoisotopic (exact) mass is 467 g/mol. The molecule has 0 aliphatic carbocycles. The topological polar surface area (TPSA) is 62.7 Å². The second kappa shape index (κ2) is 12.5. The van der Waals surface area contributed by atoms with Gasteiger partial charge in [0.1, 0.15) is 0 Å². The summed E-state index contributed by atoms with van der Waals surface area (Å²) >= 11 is 1.77.